The minimum absolute atomic E-state index is 0.0400. The molecule has 0 aliphatic heterocycles. The van der Waals surface area contributed by atoms with Gasteiger partial charge >= 0.3 is 0 Å². The minimum Gasteiger partial charge on any atom is -0.347 e. The van der Waals surface area contributed by atoms with Gasteiger partial charge in [-0.15, -0.1) is 11.3 Å². The van der Waals surface area contributed by atoms with Crippen molar-refractivity contribution in [3.8, 4) is 0 Å². The molecule has 6 heteroatoms. The van der Waals surface area contributed by atoms with Gasteiger partial charge in [0.2, 0.25) is 0 Å². The summed E-state index contributed by atoms with van der Waals surface area (Å²) in [5.74, 6) is -0.162. The number of carbonyl (C=O) groups is 2. The average molecular weight is 394 g/mol. The SMILES string of the molecule is Cc1nc(Cc2ccccc2)sc1C(=O)NCc1ccc(C(=O)N(C)C)cc1. The van der Waals surface area contributed by atoms with E-state index >= 15 is 0 Å². The second kappa shape index (κ2) is 8.80. The van der Waals surface area contributed by atoms with Gasteiger partial charge in [-0.3, -0.25) is 9.59 Å². The summed E-state index contributed by atoms with van der Waals surface area (Å²) in [4.78, 5) is 31.2. The number of benzene rings is 2. The largest absolute Gasteiger partial charge is 0.347 e. The third-order valence-corrected chi connectivity index (χ3v) is 5.46. The van der Waals surface area contributed by atoms with Crippen molar-refractivity contribution < 1.29 is 9.59 Å². The van der Waals surface area contributed by atoms with Gasteiger partial charge in [-0.2, -0.15) is 0 Å². The maximum absolute atomic E-state index is 12.6. The molecule has 3 aromatic rings. The molecule has 1 heterocycles. The van der Waals surface area contributed by atoms with Gasteiger partial charge in [0.25, 0.3) is 11.8 Å². The highest BCUT2D eigenvalue weighted by Gasteiger charge is 2.15. The molecule has 2 aromatic carbocycles. The zero-order chi connectivity index (χ0) is 20.1. The van der Waals surface area contributed by atoms with Crippen LogP contribution in [-0.2, 0) is 13.0 Å². The molecule has 0 fully saturated rings. The normalized spacial score (nSPS) is 10.5. The van der Waals surface area contributed by atoms with Crippen molar-refractivity contribution in [2.45, 2.75) is 19.9 Å². The summed E-state index contributed by atoms with van der Waals surface area (Å²) in [7, 11) is 3.44. The Bertz CT molecular complexity index is 963. The zero-order valence-corrected chi connectivity index (χ0v) is 17.0. The van der Waals surface area contributed by atoms with E-state index in [1.165, 1.54) is 21.8 Å². The molecule has 1 N–H and O–H groups in total. The van der Waals surface area contributed by atoms with E-state index in [1.54, 1.807) is 26.2 Å². The summed E-state index contributed by atoms with van der Waals surface area (Å²) in [5.41, 5.74) is 3.50. The Balaban J connectivity index is 1.61. The van der Waals surface area contributed by atoms with Crippen molar-refractivity contribution in [1.29, 1.82) is 0 Å². The molecule has 0 aliphatic carbocycles. The third-order valence-electron chi connectivity index (χ3n) is 4.31. The van der Waals surface area contributed by atoms with E-state index in [9.17, 15) is 9.59 Å². The fourth-order valence-electron chi connectivity index (χ4n) is 2.80. The molecule has 0 aliphatic rings. The van der Waals surface area contributed by atoms with Crippen molar-refractivity contribution in [2.24, 2.45) is 0 Å². The van der Waals surface area contributed by atoms with Crippen molar-refractivity contribution in [1.82, 2.24) is 15.2 Å². The molecule has 3 rings (SSSR count). The van der Waals surface area contributed by atoms with Crippen LogP contribution in [0.5, 0.6) is 0 Å². The Morgan fingerprint density at radius 2 is 1.68 bits per heavy atom. The molecule has 0 saturated carbocycles. The zero-order valence-electron chi connectivity index (χ0n) is 16.2. The molecule has 0 spiro atoms. The predicted molar refractivity (Wildman–Crippen MR) is 112 cm³/mol. The van der Waals surface area contributed by atoms with Gasteiger partial charge in [0.05, 0.1) is 10.7 Å². The van der Waals surface area contributed by atoms with Crippen molar-refractivity contribution in [3.63, 3.8) is 0 Å². The first-order valence-corrected chi connectivity index (χ1v) is 9.84. The highest BCUT2D eigenvalue weighted by molar-refractivity contribution is 7.13. The van der Waals surface area contributed by atoms with Crippen LogP contribution in [0.15, 0.2) is 54.6 Å². The first-order chi connectivity index (χ1) is 13.4. The van der Waals surface area contributed by atoms with Crippen LogP contribution in [0.4, 0.5) is 0 Å². The lowest BCUT2D eigenvalue weighted by Gasteiger charge is -2.10. The fourth-order valence-corrected chi connectivity index (χ4v) is 3.81. The highest BCUT2D eigenvalue weighted by atomic mass is 32.1. The monoisotopic (exact) mass is 393 g/mol. The van der Waals surface area contributed by atoms with E-state index in [1.807, 2.05) is 37.3 Å². The number of nitrogens with one attached hydrogen (secondary N) is 1. The molecular weight excluding hydrogens is 370 g/mol. The first kappa shape index (κ1) is 19.8. The second-order valence-corrected chi connectivity index (χ2v) is 7.85. The third kappa shape index (κ3) is 4.84. The van der Waals surface area contributed by atoms with Gasteiger partial charge in [-0.1, -0.05) is 42.5 Å². The van der Waals surface area contributed by atoms with E-state index in [0.29, 0.717) is 17.0 Å². The topological polar surface area (TPSA) is 62.3 Å². The Hall–Kier alpha value is -2.99. The van der Waals surface area contributed by atoms with Crippen LogP contribution in [0.1, 0.15) is 41.9 Å². The summed E-state index contributed by atoms with van der Waals surface area (Å²) in [6, 6.07) is 17.4. The number of thiazole rings is 1. The van der Waals surface area contributed by atoms with Crippen LogP contribution in [0.2, 0.25) is 0 Å². The smallest absolute Gasteiger partial charge is 0.263 e. The van der Waals surface area contributed by atoms with Gasteiger partial charge in [-0.25, -0.2) is 4.98 Å². The summed E-state index contributed by atoms with van der Waals surface area (Å²) in [6.07, 6.45) is 0.723. The molecule has 0 unspecified atom stereocenters. The number of nitrogens with zero attached hydrogens (tertiary/aromatic N) is 2. The quantitative estimate of drug-likeness (QED) is 0.695. The van der Waals surface area contributed by atoms with E-state index in [4.69, 9.17) is 0 Å². The number of rotatable bonds is 6. The lowest BCUT2D eigenvalue weighted by Crippen LogP contribution is -2.23. The molecule has 28 heavy (non-hydrogen) atoms. The second-order valence-electron chi connectivity index (χ2n) is 6.76. The highest BCUT2D eigenvalue weighted by Crippen LogP contribution is 2.21. The molecule has 2 amide bonds. The fraction of sp³-hybridized carbons (Fsp3) is 0.227. The van der Waals surface area contributed by atoms with Crippen LogP contribution in [-0.4, -0.2) is 35.8 Å². The van der Waals surface area contributed by atoms with Gasteiger partial charge in [-0.05, 0) is 30.2 Å². The molecule has 0 bridgehead atoms. The van der Waals surface area contributed by atoms with Crippen LogP contribution in [0.3, 0.4) is 0 Å². The average Bonchev–Trinajstić information content (AvgIpc) is 3.06. The van der Waals surface area contributed by atoms with Crippen molar-refractivity contribution in [3.05, 3.63) is 86.9 Å². The van der Waals surface area contributed by atoms with Crippen LogP contribution in [0.25, 0.3) is 0 Å². The lowest BCUT2D eigenvalue weighted by atomic mass is 10.1. The summed E-state index contributed by atoms with van der Waals surface area (Å²) >= 11 is 1.43. The molecule has 144 valence electrons. The Morgan fingerprint density at radius 3 is 2.32 bits per heavy atom. The number of amides is 2. The Labute approximate surface area is 169 Å². The number of hydrogen-bond donors (Lipinski definition) is 1. The molecule has 0 atom stereocenters. The van der Waals surface area contributed by atoms with E-state index in [0.717, 1.165) is 22.7 Å². The predicted octanol–water partition coefficient (Wildman–Crippen LogP) is 3.67. The van der Waals surface area contributed by atoms with E-state index in [-0.39, 0.29) is 11.8 Å². The van der Waals surface area contributed by atoms with Crippen LogP contribution < -0.4 is 5.32 Å². The number of aryl methyl sites for hydroxylation is 1. The van der Waals surface area contributed by atoms with Crippen LogP contribution in [0, 0.1) is 6.92 Å². The maximum Gasteiger partial charge on any atom is 0.263 e. The lowest BCUT2D eigenvalue weighted by molar-refractivity contribution is 0.0827. The molecule has 5 nitrogen and oxygen atoms in total. The van der Waals surface area contributed by atoms with Gasteiger partial charge < -0.3 is 10.2 Å². The Morgan fingerprint density at radius 1 is 1.00 bits per heavy atom. The van der Waals surface area contributed by atoms with Gasteiger partial charge in [0.15, 0.2) is 0 Å². The van der Waals surface area contributed by atoms with Gasteiger partial charge in [0.1, 0.15) is 4.88 Å². The van der Waals surface area contributed by atoms with Gasteiger partial charge in [0, 0.05) is 32.6 Å². The van der Waals surface area contributed by atoms with E-state index < -0.39 is 0 Å². The molecule has 0 saturated heterocycles. The number of hydrogen-bond acceptors (Lipinski definition) is 4. The maximum atomic E-state index is 12.6. The van der Waals surface area contributed by atoms with Crippen LogP contribution >= 0.6 is 11.3 Å². The Kier molecular flexibility index (Phi) is 6.21. The van der Waals surface area contributed by atoms with Crippen molar-refractivity contribution in [2.75, 3.05) is 14.1 Å². The first-order valence-electron chi connectivity index (χ1n) is 9.03. The minimum atomic E-state index is -0.122. The summed E-state index contributed by atoms with van der Waals surface area (Å²) in [6.45, 7) is 2.27. The molecule has 1 aromatic heterocycles. The molecular formula is C22H23N3O2S. The number of carbonyl (C=O) groups excluding carboxylic acids is 2. The summed E-state index contributed by atoms with van der Waals surface area (Å²) in [5, 5.41) is 3.87. The van der Waals surface area contributed by atoms with E-state index in [2.05, 4.69) is 22.4 Å². The van der Waals surface area contributed by atoms with Crippen molar-refractivity contribution >= 4 is 23.2 Å². The standard InChI is InChI=1S/C22H23N3O2S/c1-15-20(28-19(24-15)13-16-7-5-4-6-8-16)21(26)23-14-17-9-11-18(12-10-17)22(27)25(2)3/h4-12H,13-14H2,1-3H3,(H,23,26). The number of aromatic nitrogens is 1. The molecule has 0 radical (unpaired) electrons. The summed E-state index contributed by atoms with van der Waals surface area (Å²) < 4.78 is 0.